The molecule has 0 aliphatic heterocycles. The van der Waals surface area contributed by atoms with Crippen molar-refractivity contribution in [1.29, 1.82) is 0 Å². The summed E-state index contributed by atoms with van der Waals surface area (Å²) >= 11 is 1.37. The summed E-state index contributed by atoms with van der Waals surface area (Å²) in [7, 11) is 0. The number of nitrogens with two attached hydrogens (primary N) is 1. The van der Waals surface area contributed by atoms with Gasteiger partial charge in [-0.25, -0.2) is 4.98 Å². The number of aryl methyl sites for hydroxylation is 3. The van der Waals surface area contributed by atoms with Gasteiger partial charge in [-0.2, -0.15) is 0 Å². The van der Waals surface area contributed by atoms with Crippen molar-refractivity contribution in [2.75, 3.05) is 12.3 Å². The zero-order chi connectivity index (χ0) is 18.5. The second-order valence-corrected chi connectivity index (χ2v) is 7.01. The lowest BCUT2D eigenvalue weighted by atomic mass is 10.1. The summed E-state index contributed by atoms with van der Waals surface area (Å²) in [4.78, 5) is 21.3. The van der Waals surface area contributed by atoms with Crippen LogP contribution in [0.1, 0.15) is 33.2 Å². The number of aromatic nitrogens is 4. The van der Waals surface area contributed by atoms with Crippen molar-refractivity contribution in [2.24, 2.45) is 0 Å². The predicted octanol–water partition coefficient (Wildman–Crippen LogP) is 2.56. The molecular weight excluding hydrogens is 348 g/mol. The van der Waals surface area contributed by atoms with E-state index in [0.29, 0.717) is 17.2 Å². The van der Waals surface area contributed by atoms with E-state index in [9.17, 15) is 4.79 Å². The van der Waals surface area contributed by atoms with E-state index in [4.69, 9.17) is 5.73 Å². The number of nitrogens with zero attached hydrogens (tertiary/aromatic N) is 4. The van der Waals surface area contributed by atoms with E-state index in [-0.39, 0.29) is 5.91 Å². The molecule has 1 aromatic carbocycles. The minimum absolute atomic E-state index is 0.109. The van der Waals surface area contributed by atoms with Crippen LogP contribution in [0.5, 0.6) is 0 Å². The Labute approximate surface area is 155 Å². The summed E-state index contributed by atoms with van der Waals surface area (Å²) < 4.78 is 0. The molecule has 0 bridgehead atoms. The van der Waals surface area contributed by atoms with Gasteiger partial charge >= 0.3 is 0 Å². The molecule has 0 unspecified atom stereocenters. The molecule has 1 amide bonds. The van der Waals surface area contributed by atoms with Gasteiger partial charge in [0, 0.05) is 30.3 Å². The van der Waals surface area contributed by atoms with Crippen molar-refractivity contribution in [1.82, 2.24) is 25.5 Å². The molecule has 3 aromatic rings. The maximum atomic E-state index is 12.4. The molecule has 26 heavy (non-hydrogen) atoms. The van der Waals surface area contributed by atoms with Gasteiger partial charge in [0.15, 0.2) is 0 Å². The number of nitrogen functional groups attached to an aromatic ring is 1. The van der Waals surface area contributed by atoms with Gasteiger partial charge in [-0.05, 0) is 32.4 Å². The first-order valence-corrected chi connectivity index (χ1v) is 9.11. The number of nitrogens with one attached hydrogen (secondary N) is 1. The summed E-state index contributed by atoms with van der Waals surface area (Å²) in [5, 5.41) is 12.0. The van der Waals surface area contributed by atoms with Crippen molar-refractivity contribution in [3.05, 3.63) is 52.4 Å². The van der Waals surface area contributed by atoms with Gasteiger partial charge in [0.05, 0.1) is 17.1 Å². The molecule has 0 aliphatic carbocycles. The Balaban J connectivity index is 1.62. The summed E-state index contributed by atoms with van der Waals surface area (Å²) in [5.74, 6) is -0.109. The molecule has 3 rings (SSSR count). The van der Waals surface area contributed by atoms with E-state index in [1.165, 1.54) is 11.3 Å². The van der Waals surface area contributed by atoms with Crippen LogP contribution in [0.2, 0.25) is 0 Å². The Kier molecular flexibility index (Phi) is 5.52. The minimum atomic E-state index is -0.109. The normalized spacial score (nSPS) is 10.7. The van der Waals surface area contributed by atoms with Crippen LogP contribution in [-0.4, -0.2) is 32.6 Å². The fourth-order valence-electron chi connectivity index (χ4n) is 2.53. The van der Waals surface area contributed by atoms with Gasteiger partial charge in [-0.1, -0.05) is 23.5 Å². The quantitative estimate of drug-likeness (QED) is 0.648. The third-order valence-corrected chi connectivity index (χ3v) is 4.62. The van der Waals surface area contributed by atoms with Gasteiger partial charge in [0.1, 0.15) is 5.01 Å². The first-order valence-electron chi connectivity index (χ1n) is 8.29. The standard InChI is InChI=1S/C18H20N6OS/c1-11-10-21-12(2)16(22-11)13-5-3-6-14(9-13)17(25)20-8-4-7-15-23-24-18(19)26-15/h3,5-6,9-10H,4,7-8H2,1-2H3,(H2,19,24)(H,20,25). The Bertz CT molecular complexity index is 924. The zero-order valence-electron chi connectivity index (χ0n) is 14.7. The molecule has 2 aromatic heterocycles. The molecule has 0 radical (unpaired) electrons. The van der Waals surface area contributed by atoms with Gasteiger partial charge in [-0.3, -0.25) is 9.78 Å². The lowest BCUT2D eigenvalue weighted by molar-refractivity contribution is 0.0953. The number of hydrogen-bond acceptors (Lipinski definition) is 7. The Morgan fingerprint density at radius 3 is 2.88 bits per heavy atom. The van der Waals surface area contributed by atoms with Crippen LogP contribution in [0.3, 0.4) is 0 Å². The van der Waals surface area contributed by atoms with Crippen LogP contribution in [0.4, 0.5) is 5.13 Å². The van der Waals surface area contributed by atoms with Gasteiger partial charge in [-0.15, -0.1) is 10.2 Å². The predicted molar refractivity (Wildman–Crippen MR) is 102 cm³/mol. The molecule has 2 heterocycles. The van der Waals surface area contributed by atoms with Crippen molar-refractivity contribution < 1.29 is 4.79 Å². The van der Waals surface area contributed by atoms with E-state index in [1.807, 2.05) is 32.0 Å². The third-order valence-electron chi connectivity index (χ3n) is 3.81. The molecule has 134 valence electrons. The second-order valence-electron chi connectivity index (χ2n) is 5.92. The minimum Gasteiger partial charge on any atom is -0.374 e. The molecule has 8 heteroatoms. The smallest absolute Gasteiger partial charge is 0.251 e. The highest BCUT2D eigenvalue weighted by Gasteiger charge is 2.10. The Morgan fingerprint density at radius 2 is 2.12 bits per heavy atom. The molecule has 0 spiro atoms. The number of rotatable bonds is 6. The maximum absolute atomic E-state index is 12.4. The first-order chi connectivity index (χ1) is 12.5. The van der Waals surface area contributed by atoms with E-state index in [0.717, 1.165) is 40.5 Å². The van der Waals surface area contributed by atoms with E-state index in [2.05, 4.69) is 25.5 Å². The van der Waals surface area contributed by atoms with Crippen LogP contribution < -0.4 is 11.1 Å². The van der Waals surface area contributed by atoms with Crippen LogP contribution in [0.15, 0.2) is 30.5 Å². The maximum Gasteiger partial charge on any atom is 0.251 e. The number of carbonyl (C=O) groups excluding carboxylic acids is 1. The lowest BCUT2D eigenvalue weighted by Crippen LogP contribution is -2.24. The number of amides is 1. The monoisotopic (exact) mass is 368 g/mol. The summed E-state index contributed by atoms with van der Waals surface area (Å²) in [6.45, 7) is 4.37. The van der Waals surface area contributed by atoms with E-state index < -0.39 is 0 Å². The SMILES string of the molecule is Cc1cnc(C)c(-c2cccc(C(=O)NCCCc3nnc(N)s3)c2)n1. The molecule has 0 aliphatic rings. The Hall–Kier alpha value is -2.87. The van der Waals surface area contributed by atoms with Crippen molar-refractivity contribution in [3.63, 3.8) is 0 Å². The molecule has 0 fully saturated rings. The fourth-order valence-corrected chi connectivity index (χ4v) is 3.18. The topological polar surface area (TPSA) is 107 Å². The average molecular weight is 368 g/mol. The highest BCUT2D eigenvalue weighted by atomic mass is 32.1. The fraction of sp³-hybridized carbons (Fsp3) is 0.278. The summed E-state index contributed by atoms with van der Waals surface area (Å²) in [5.41, 5.74) is 9.52. The molecule has 7 nitrogen and oxygen atoms in total. The largest absolute Gasteiger partial charge is 0.374 e. The van der Waals surface area contributed by atoms with Crippen LogP contribution in [0.25, 0.3) is 11.3 Å². The third kappa shape index (κ3) is 4.40. The van der Waals surface area contributed by atoms with E-state index in [1.54, 1.807) is 12.3 Å². The van der Waals surface area contributed by atoms with Gasteiger partial charge < -0.3 is 11.1 Å². The van der Waals surface area contributed by atoms with Gasteiger partial charge in [0.25, 0.3) is 5.91 Å². The average Bonchev–Trinajstić information content (AvgIpc) is 3.06. The van der Waals surface area contributed by atoms with Crippen molar-refractivity contribution in [3.8, 4) is 11.3 Å². The van der Waals surface area contributed by atoms with E-state index >= 15 is 0 Å². The Morgan fingerprint density at radius 1 is 1.27 bits per heavy atom. The molecule has 0 atom stereocenters. The van der Waals surface area contributed by atoms with Crippen molar-refractivity contribution >= 4 is 22.4 Å². The second kappa shape index (κ2) is 8.01. The molecule has 0 saturated heterocycles. The summed E-state index contributed by atoms with van der Waals surface area (Å²) in [6.07, 6.45) is 3.26. The van der Waals surface area contributed by atoms with Gasteiger partial charge in [0.2, 0.25) is 5.13 Å². The number of anilines is 1. The number of hydrogen-bond donors (Lipinski definition) is 2. The first kappa shape index (κ1) is 17.9. The number of carbonyl (C=O) groups is 1. The summed E-state index contributed by atoms with van der Waals surface area (Å²) in [6, 6.07) is 7.44. The molecular formula is C18H20N6OS. The number of benzene rings is 1. The van der Waals surface area contributed by atoms with Crippen LogP contribution in [-0.2, 0) is 6.42 Å². The molecule has 3 N–H and O–H groups in total. The highest BCUT2D eigenvalue weighted by molar-refractivity contribution is 7.15. The lowest BCUT2D eigenvalue weighted by Gasteiger charge is -2.08. The van der Waals surface area contributed by atoms with Crippen LogP contribution >= 0.6 is 11.3 Å². The van der Waals surface area contributed by atoms with Crippen LogP contribution in [0, 0.1) is 13.8 Å². The highest BCUT2D eigenvalue weighted by Crippen LogP contribution is 2.21. The van der Waals surface area contributed by atoms with Crippen molar-refractivity contribution in [2.45, 2.75) is 26.7 Å². The molecule has 0 saturated carbocycles. The zero-order valence-corrected chi connectivity index (χ0v) is 15.5.